The van der Waals surface area contributed by atoms with Crippen molar-refractivity contribution in [3.8, 4) is 0 Å². The van der Waals surface area contributed by atoms with E-state index in [4.69, 9.17) is 0 Å². The van der Waals surface area contributed by atoms with Gasteiger partial charge in [-0.1, -0.05) is 11.8 Å². The van der Waals surface area contributed by atoms with Gasteiger partial charge >= 0.3 is 0 Å². The summed E-state index contributed by atoms with van der Waals surface area (Å²) >= 11 is 2.72. The fourth-order valence-corrected chi connectivity index (χ4v) is 2.55. The van der Waals surface area contributed by atoms with Gasteiger partial charge in [0.2, 0.25) is 0 Å². The Labute approximate surface area is 81.8 Å². The number of rotatable bonds is 1. The van der Waals surface area contributed by atoms with Crippen molar-refractivity contribution in [2.45, 2.75) is 4.34 Å². The van der Waals surface area contributed by atoms with Gasteiger partial charge in [-0.25, -0.2) is 13.8 Å². The number of thioether (sulfide) groups is 1. The first-order valence-electron chi connectivity index (χ1n) is 3.50. The molecular formula is C8H5F2NS2. The number of fused-ring (bicyclic) bond motifs is 1. The van der Waals surface area contributed by atoms with Gasteiger partial charge in [-0.2, -0.15) is 0 Å². The molecular weight excluding hydrogens is 212 g/mol. The van der Waals surface area contributed by atoms with E-state index in [1.165, 1.54) is 29.2 Å². The summed E-state index contributed by atoms with van der Waals surface area (Å²) in [6.45, 7) is 0. The number of hydrogen-bond donors (Lipinski definition) is 0. The summed E-state index contributed by atoms with van der Waals surface area (Å²) in [7, 11) is 0. The van der Waals surface area contributed by atoms with Gasteiger partial charge in [0.25, 0.3) is 0 Å². The SMILES string of the molecule is CSc1nc2c(F)cc(F)cc2s1. The van der Waals surface area contributed by atoms with Crippen LogP contribution in [0, 0.1) is 11.6 Å². The molecule has 0 saturated heterocycles. The Hall–Kier alpha value is -0.680. The van der Waals surface area contributed by atoms with Crippen LogP contribution in [-0.2, 0) is 0 Å². The van der Waals surface area contributed by atoms with Gasteiger partial charge in [-0.05, 0) is 12.3 Å². The Morgan fingerprint density at radius 1 is 1.38 bits per heavy atom. The molecule has 68 valence electrons. The molecule has 0 amide bonds. The van der Waals surface area contributed by atoms with E-state index in [0.717, 1.165) is 10.4 Å². The van der Waals surface area contributed by atoms with Crippen LogP contribution in [0.1, 0.15) is 0 Å². The van der Waals surface area contributed by atoms with Gasteiger partial charge in [-0.3, -0.25) is 0 Å². The third-order valence-corrected chi connectivity index (χ3v) is 3.56. The van der Waals surface area contributed by atoms with Crippen LogP contribution in [0.3, 0.4) is 0 Å². The molecule has 2 aromatic rings. The molecule has 0 N–H and O–H groups in total. The topological polar surface area (TPSA) is 12.9 Å². The molecule has 1 nitrogen and oxygen atoms in total. The van der Waals surface area contributed by atoms with Crippen LogP contribution in [0.15, 0.2) is 16.5 Å². The fourth-order valence-electron chi connectivity index (χ4n) is 1.02. The molecule has 0 fully saturated rings. The van der Waals surface area contributed by atoms with E-state index in [9.17, 15) is 8.78 Å². The summed E-state index contributed by atoms with van der Waals surface area (Å²) in [5.41, 5.74) is 0.260. The lowest BCUT2D eigenvalue weighted by Crippen LogP contribution is -1.80. The number of halogens is 2. The smallest absolute Gasteiger partial charge is 0.153 e. The van der Waals surface area contributed by atoms with E-state index in [-0.39, 0.29) is 5.52 Å². The third kappa shape index (κ3) is 1.53. The second-order valence-corrected chi connectivity index (χ2v) is 4.50. The Kier molecular flexibility index (Phi) is 2.21. The Balaban J connectivity index is 2.75. The van der Waals surface area contributed by atoms with Crippen molar-refractivity contribution in [3.05, 3.63) is 23.8 Å². The highest BCUT2D eigenvalue weighted by Gasteiger charge is 2.09. The number of nitrogens with zero attached hydrogens (tertiary/aromatic N) is 1. The lowest BCUT2D eigenvalue weighted by molar-refractivity contribution is 0.591. The second-order valence-electron chi connectivity index (χ2n) is 2.42. The summed E-state index contributed by atoms with van der Waals surface area (Å²) in [4.78, 5) is 4.01. The highest BCUT2D eigenvalue weighted by Crippen LogP contribution is 2.29. The molecule has 0 bridgehead atoms. The second kappa shape index (κ2) is 3.23. The molecule has 2 rings (SSSR count). The molecule has 1 aromatic carbocycles. The predicted octanol–water partition coefficient (Wildman–Crippen LogP) is 3.30. The summed E-state index contributed by atoms with van der Waals surface area (Å²) < 4.78 is 27.1. The summed E-state index contributed by atoms with van der Waals surface area (Å²) in [6.07, 6.45) is 1.85. The average molecular weight is 217 g/mol. The van der Waals surface area contributed by atoms with Crippen LogP contribution in [-0.4, -0.2) is 11.2 Å². The van der Waals surface area contributed by atoms with Crippen molar-refractivity contribution in [3.63, 3.8) is 0 Å². The lowest BCUT2D eigenvalue weighted by atomic mass is 10.3. The van der Waals surface area contributed by atoms with Crippen molar-refractivity contribution >= 4 is 33.3 Å². The summed E-state index contributed by atoms with van der Waals surface area (Å²) in [6, 6.07) is 2.15. The van der Waals surface area contributed by atoms with Crippen LogP contribution < -0.4 is 0 Å². The van der Waals surface area contributed by atoms with Gasteiger partial charge in [0.05, 0.1) is 4.70 Å². The first-order chi connectivity index (χ1) is 6.20. The normalized spacial score (nSPS) is 11.0. The number of hydrogen-bond acceptors (Lipinski definition) is 3. The Morgan fingerprint density at radius 2 is 2.15 bits per heavy atom. The Bertz CT molecular complexity index is 453. The minimum atomic E-state index is -0.591. The van der Waals surface area contributed by atoms with Crippen LogP contribution >= 0.6 is 23.1 Å². The molecule has 0 aliphatic carbocycles. The molecule has 5 heteroatoms. The van der Waals surface area contributed by atoms with Crippen molar-refractivity contribution in [1.82, 2.24) is 4.98 Å². The fraction of sp³-hybridized carbons (Fsp3) is 0.125. The van der Waals surface area contributed by atoms with Crippen LogP contribution in [0.2, 0.25) is 0 Å². The zero-order valence-electron chi connectivity index (χ0n) is 6.67. The van der Waals surface area contributed by atoms with Crippen molar-refractivity contribution in [1.29, 1.82) is 0 Å². The molecule has 1 aromatic heterocycles. The molecule has 1 heterocycles. The largest absolute Gasteiger partial charge is 0.227 e. The minimum Gasteiger partial charge on any atom is -0.227 e. The molecule has 13 heavy (non-hydrogen) atoms. The first-order valence-corrected chi connectivity index (χ1v) is 5.54. The zero-order valence-corrected chi connectivity index (χ0v) is 8.31. The molecule has 0 radical (unpaired) electrons. The third-order valence-electron chi connectivity index (χ3n) is 1.57. The van der Waals surface area contributed by atoms with E-state index >= 15 is 0 Å². The molecule has 0 aliphatic rings. The molecule has 0 atom stereocenters. The van der Waals surface area contributed by atoms with E-state index in [1.807, 2.05) is 6.26 Å². The monoisotopic (exact) mass is 217 g/mol. The van der Waals surface area contributed by atoms with E-state index in [2.05, 4.69) is 4.98 Å². The van der Waals surface area contributed by atoms with Gasteiger partial charge < -0.3 is 0 Å². The van der Waals surface area contributed by atoms with Gasteiger partial charge in [0.1, 0.15) is 11.3 Å². The molecule has 0 spiro atoms. The lowest BCUT2D eigenvalue weighted by Gasteiger charge is -1.89. The van der Waals surface area contributed by atoms with E-state index in [0.29, 0.717) is 4.70 Å². The van der Waals surface area contributed by atoms with Gasteiger partial charge in [0, 0.05) is 6.07 Å². The highest BCUT2D eigenvalue weighted by molar-refractivity contribution is 8.00. The quantitative estimate of drug-likeness (QED) is 0.680. The van der Waals surface area contributed by atoms with Crippen molar-refractivity contribution in [2.75, 3.05) is 6.26 Å². The van der Waals surface area contributed by atoms with Crippen LogP contribution in [0.5, 0.6) is 0 Å². The number of benzene rings is 1. The molecule has 0 saturated carbocycles. The predicted molar refractivity (Wildman–Crippen MR) is 51.3 cm³/mol. The highest BCUT2D eigenvalue weighted by atomic mass is 32.2. The Morgan fingerprint density at radius 3 is 2.85 bits per heavy atom. The average Bonchev–Trinajstić information content (AvgIpc) is 2.47. The van der Waals surface area contributed by atoms with E-state index in [1.54, 1.807) is 0 Å². The van der Waals surface area contributed by atoms with Crippen LogP contribution in [0.4, 0.5) is 8.78 Å². The number of aromatic nitrogens is 1. The first kappa shape index (κ1) is 8.90. The van der Waals surface area contributed by atoms with Crippen molar-refractivity contribution in [2.24, 2.45) is 0 Å². The van der Waals surface area contributed by atoms with E-state index < -0.39 is 11.6 Å². The number of thiazole rings is 1. The summed E-state index contributed by atoms with van der Waals surface area (Å²) in [5.74, 6) is -1.15. The molecule has 0 aliphatic heterocycles. The maximum absolute atomic E-state index is 13.1. The maximum atomic E-state index is 13.1. The van der Waals surface area contributed by atoms with Gasteiger partial charge in [-0.15, -0.1) is 11.3 Å². The van der Waals surface area contributed by atoms with Gasteiger partial charge in [0.15, 0.2) is 10.2 Å². The zero-order chi connectivity index (χ0) is 9.42. The standard InChI is InChI=1S/C8H5F2NS2/c1-12-8-11-7-5(10)2-4(9)3-6(7)13-8/h2-3H,1H3. The minimum absolute atomic E-state index is 0.260. The van der Waals surface area contributed by atoms with Crippen LogP contribution in [0.25, 0.3) is 10.2 Å². The summed E-state index contributed by atoms with van der Waals surface area (Å²) in [5, 5.41) is 0. The molecule has 0 unspecified atom stereocenters. The van der Waals surface area contributed by atoms with Crippen molar-refractivity contribution < 1.29 is 8.78 Å². The maximum Gasteiger partial charge on any atom is 0.153 e.